The van der Waals surface area contributed by atoms with Crippen molar-refractivity contribution in [3.05, 3.63) is 77.3 Å². The standard InChI is InChI=1S/C25H23ClN2O4/c1-2-13-27-18-7-4-3-6-17(18)25(24(27)32)21(15-9-11-16(26)12-10-15)20(22(29)23(30)31)19-8-5-14-28(19)25/h2-4,6-7,9-12,19-21H,1,5,8,13-14H2,(H,30,31). The first-order valence-corrected chi connectivity index (χ1v) is 11.1. The zero-order valence-electron chi connectivity index (χ0n) is 17.4. The molecule has 0 radical (unpaired) electrons. The molecule has 6 nitrogen and oxygen atoms in total. The number of aliphatic carboxylic acids is 1. The highest BCUT2D eigenvalue weighted by Crippen LogP contribution is 2.62. The fourth-order valence-electron chi connectivity index (χ4n) is 6.20. The minimum absolute atomic E-state index is 0.133. The summed E-state index contributed by atoms with van der Waals surface area (Å²) in [6, 6.07) is 14.4. The number of nitrogens with zero attached hydrogens (tertiary/aromatic N) is 2. The molecule has 4 unspecified atom stereocenters. The summed E-state index contributed by atoms with van der Waals surface area (Å²) in [6.07, 6.45) is 3.16. The summed E-state index contributed by atoms with van der Waals surface area (Å²) in [5, 5.41) is 10.2. The van der Waals surface area contributed by atoms with Crippen LogP contribution in [0.25, 0.3) is 0 Å². The first kappa shape index (κ1) is 20.9. The number of fused-ring (bicyclic) bond motifs is 4. The lowest BCUT2D eigenvalue weighted by Gasteiger charge is -2.38. The molecule has 3 aliphatic heterocycles. The lowest BCUT2D eigenvalue weighted by Crippen LogP contribution is -2.52. The van der Waals surface area contributed by atoms with E-state index in [-0.39, 0.29) is 11.9 Å². The average molecular weight is 451 g/mol. The lowest BCUT2D eigenvalue weighted by atomic mass is 9.69. The molecule has 2 fully saturated rings. The quantitative estimate of drug-likeness (QED) is 0.556. The van der Waals surface area contributed by atoms with Crippen LogP contribution in [-0.2, 0) is 19.9 Å². The summed E-state index contributed by atoms with van der Waals surface area (Å²) in [6.45, 7) is 4.77. The van der Waals surface area contributed by atoms with Crippen LogP contribution in [0.5, 0.6) is 0 Å². The molecule has 0 aliphatic carbocycles. The molecule has 7 heteroatoms. The van der Waals surface area contributed by atoms with Crippen molar-refractivity contribution in [2.24, 2.45) is 5.92 Å². The second kappa shape index (κ2) is 7.57. The van der Waals surface area contributed by atoms with Crippen molar-refractivity contribution >= 4 is 34.9 Å². The average Bonchev–Trinajstić information content (AvgIpc) is 3.43. The van der Waals surface area contributed by atoms with Crippen molar-refractivity contribution in [1.29, 1.82) is 0 Å². The number of anilines is 1. The van der Waals surface area contributed by atoms with Gasteiger partial charge in [-0.2, -0.15) is 0 Å². The van der Waals surface area contributed by atoms with E-state index in [1.807, 2.05) is 36.4 Å². The molecule has 164 valence electrons. The van der Waals surface area contributed by atoms with Gasteiger partial charge in [0, 0.05) is 34.8 Å². The third kappa shape index (κ3) is 2.66. The van der Waals surface area contributed by atoms with Crippen LogP contribution in [0.15, 0.2) is 61.2 Å². The van der Waals surface area contributed by atoms with Crippen molar-refractivity contribution in [2.45, 2.75) is 30.3 Å². The number of carboxylic acid groups (broad SMARTS) is 1. The van der Waals surface area contributed by atoms with Gasteiger partial charge < -0.3 is 10.0 Å². The molecule has 5 rings (SSSR count). The third-order valence-electron chi connectivity index (χ3n) is 7.21. The summed E-state index contributed by atoms with van der Waals surface area (Å²) in [4.78, 5) is 43.1. The van der Waals surface area contributed by atoms with Gasteiger partial charge in [-0.1, -0.05) is 48.0 Å². The van der Waals surface area contributed by atoms with Gasteiger partial charge in [0.1, 0.15) is 5.54 Å². The molecule has 4 atom stereocenters. The van der Waals surface area contributed by atoms with Crippen molar-refractivity contribution < 1.29 is 19.5 Å². The van der Waals surface area contributed by atoms with Gasteiger partial charge in [-0.3, -0.25) is 14.5 Å². The number of carbonyl (C=O) groups excluding carboxylic acids is 2. The fraction of sp³-hybridized carbons (Fsp3) is 0.320. The van der Waals surface area contributed by atoms with E-state index in [2.05, 4.69) is 11.5 Å². The summed E-state index contributed by atoms with van der Waals surface area (Å²) in [5.41, 5.74) is 1.20. The van der Waals surface area contributed by atoms with Crippen LogP contribution < -0.4 is 4.90 Å². The largest absolute Gasteiger partial charge is 0.475 e. The van der Waals surface area contributed by atoms with E-state index in [0.29, 0.717) is 24.5 Å². The molecular weight excluding hydrogens is 428 g/mol. The monoisotopic (exact) mass is 450 g/mol. The molecule has 2 aromatic rings. The Labute approximate surface area is 191 Å². The summed E-state index contributed by atoms with van der Waals surface area (Å²) in [7, 11) is 0. The number of amides is 1. The van der Waals surface area contributed by atoms with E-state index in [0.717, 1.165) is 23.2 Å². The molecule has 1 spiro atoms. The molecule has 1 amide bonds. The number of rotatable bonds is 5. The topological polar surface area (TPSA) is 77.9 Å². The zero-order chi connectivity index (χ0) is 22.6. The predicted molar refractivity (Wildman–Crippen MR) is 121 cm³/mol. The van der Waals surface area contributed by atoms with Crippen LogP contribution >= 0.6 is 11.6 Å². The van der Waals surface area contributed by atoms with Gasteiger partial charge >= 0.3 is 5.97 Å². The Bertz CT molecular complexity index is 1130. The summed E-state index contributed by atoms with van der Waals surface area (Å²) < 4.78 is 0. The van der Waals surface area contributed by atoms with E-state index < -0.39 is 29.1 Å². The number of hydrogen-bond donors (Lipinski definition) is 1. The minimum Gasteiger partial charge on any atom is -0.475 e. The number of carbonyl (C=O) groups is 3. The Hall–Kier alpha value is -2.96. The maximum atomic E-state index is 14.3. The SMILES string of the molecule is C=CCN1C(=O)C2(c3ccccc31)C(c1ccc(Cl)cc1)C(C(=O)C(=O)O)C1CCCN12. The predicted octanol–water partition coefficient (Wildman–Crippen LogP) is 3.60. The number of halogens is 1. The van der Waals surface area contributed by atoms with E-state index in [4.69, 9.17) is 11.6 Å². The van der Waals surface area contributed by atoms with Gasteiger partial charge in [0.15, 0.2) is 0 Å². The molecule has 0 bridgehead atoms. The second-order valence-electron chi connectivity index (χ2n) is 8.62. The molecule has 0 saturated carbocycles. The van der Waals surface area contributed by atoms with Crippen LogP contribution in [0.3, 0.4) is 0 Å². The molecule has 1 N–H and O–H groups in total. The Balaban J connectivity index is 1.81. The number of benzene rings is 2. The molecule has 3 heterocycles. The van der Waals surface area contributed by atoms with Gasteiger partial charge in [0.05, 0.1) is 5.92 Å². The summed E-state index contributed by atoms with van der Waals surface area (Å²) >= 11 is 6.13. The Morgan fingerprint density at radius 3 is 2.59 bits per heavy atom. The van der Waals surface area contributed by atoms with Crippen molar-refractivity contribution in [2.75, 3.05) is 18.0 Å². The molecule has 3 aliphatic rings. The third-order valence-corrected chi connectivity index (χ3v) is 7.46. The highest BCUT2D eigenvalue weighted by Gasteiger charge is 2.70. The van der Waals surface area contributed by atoms with Crippen LogP contribution in [0.4, 0.5) is 5.69 Å². The number of para-hydroxylation sites is 1. The zero-order valence-corrected chi connectivity index (χ0v) is 18.2. The highest BCUT2D eigenvalue weighted by molar-refractivity contribution is 6.34. The van der Waals surface area contributed by atoms with E-state index in [1.165, 1.54) is 0 Å². The smallest absolute Gasteiger partial charge is 0.372 e. The van der Waals surface area contributed by atoms with Crippen molar-refractivity contribution in [3.63, 3.8) is 0 Å². The van der Waals surface area contributed by atoms with E-state index >= 15 is 0 Å². The Morgan fingerprint density at radius 2 is 1.91 bits per heavy atom. The van der Waals surface area contributed by atoms with Crippen molar-refractivity contribution in [1.82, 2.24) is 4.90 Å². The van der Waals surface area contributed by atoms with Gasteiger partial charge in [0.2, 0.25) is 5.78 Å². The van der Waals surface area contributed by atoms with Crippen LogP contribution in [0, 0.1) is 5.92 Å². The first-order chi connectivity index (χ1) is 15.4. The Kier molecular flexibility index (Phi) is 4.95. The molecule has 0 aromatic heterocycles. The summed E-state index contributed by atoms with van der Waals surface area (Å²) in [5.74, 6) is -3.91. The number of hydrogen-bond acceptors (Lipinski definition) is 4. The van der Waals surface area contributed by atoms with Gasteiger partial charge in [0.25, 0.3) is 5.91 Å². The fourth-order valence-corrected chi connectivity index (χ4v) is 6.33. The number of carboxylic acids is 1. The van der Waals surface area contributed by atoms with Crippen LogP contribution in [-0.4, -0.2) is 46.8 Å². The van der Waals surface area contributed by atoms with E-state index in [1.54, 1.807) is 23.1 Å². The number of Topliss-reactive ketones (excluding diaryl/α,β-unsaturated/α-hetero) is 1. The molecule has 2 aromatic carbocycles. The number of ketones is 1. The maximum absolute atomic E-state index is 14.3. The van der Waals surface area contributed by atoms with Crippen LogP contribution in [0.2, 0.25) is 5.02 Å². The molecule has 2 saturated heterocycles. The van der Waals surface area contributed by atoms with Gasteiger partial charge in [-0.15, -0.1) is 6.58 Å². The van der Waals surface area contributed by atoms with Gasteiger partial charge in [-0.25, -0.2) is 4.79 Å². The maximum Gasteiger partial charge on any atom is 0.372 e. The van der Waals surface area contributed by atoms with Crippen molar-refractivity contribution in [3.8, 4) is 0 Å². The van der Waals surface area contributed by atoms with Crippen LogP contribution in [0.1, 0.15) is 29.9 Å². The normalized spacial score (nSPS) is 28.7. The molecular formula is C25H23ClN2O4. The first-order valence-electron chi connectivity index (χ1n) is 10.7. The lowest BCUT2D eigenvalue weighted by molar-refractivity contribution is -0.151. The Morgan fingerprint density at radius 1 is 1.19 bits per heavy atom. The highest BCUT2D eigenvalue weighted by atomic mass is 35.5. The second-order valence-corrected chi connectivity index (χ2v) is 9.05. The van der Waals surface area contributed by atoms with Gasteiger partial charge in [-0.05, 0) is 43.1 Å². The minimum atomic E-state index is -1.46. The molecule has 32 heavy (non-hydrogen) atoms. The van der Waals surface area contributed by atoms with E-state index in [9.17, 15) is 19.5 Å².